The Morgan fingerprint density at radius 2 is 1.76 bits per heavy atom. The lowest BCUT2D eigenvalue weighted by Crippen LogP contribution is -2.46. The zero-order valence-electron chi connectivity index (χ0n) is 19.8. The monoisotopic (exact) mass is 523 g/mol. The van der Waals surface area contributed by atoms with Gasteiger partial charge in [-0.1, -0.05) is 36.0 Å². The summed E-state index contributed by atoms with van der Waals surface area (Å²) < 4.78 is 32.3. The molecule has 0 aromatic heterocycles. The van der Waals surface area contributed by atoms with E-state index < -0.39 is 22.9 Å². The predicted molar refractivity (Wildman–Crippen MR) is 138 cm³/mol. The third kappa shape index (κ3) is 6.59. The molecule has 0 aliphatic carbocycles. The van der Waals surface area contributed by atoms with Gasteiger partial charge >= 0.3 is 5.97 Å². The SMILES string of the molecule is COC(=O)c1ccc(NC(=O)[C@H]2CC(=O)N(CCc3ccc(F)cc3)C(=Nc3ccccc3F)S2)cc1. The number of aliphatic imine (C=N–C) groups is 1. The molecule has 0 saturated carbocycles. The number of carbonyl (C=O) groups excluding carboxylic acids is 3. The molecule has 1 atom stereocenters. The molecule has 10 heteroatoms. The van der Waals surface area contributed by atoms with Crippen LogP contribution >= 0.6 is 11.8 Å². The summed E-state index contributed by atoms with van der Waals surface area (Å²) in [6.07, 6.45) is 0.336. The molecule has 7 nitrogen and oxygen atoms in total. The second-order valence-corrected chi connectivity index (χ2v) is 9.31. The number of amidine groups is 1. The van der Waals surface area contributed by atoms with Gasteiger partial charge in [0, 0.05) is 18.7 Å². The standard InChI is InChI=1S/C27H23F2N3O4S/c1-36-26(35)18-8-12-20(13-9-18)30-25(34)23-16-24(33)32(15-14-17-6-10-19(28)11-7-17)27(37-23)31-22-5-3-2-4-21(22)29/h2-13,23H,14-16H2,1H3,(H,30,34)/t23-/m1/s1. The van der Waals surface area contributed by atoms with Crippen molar-refractivity contribution >= 4 is 46.1 Å². The Morgan fingerprint density at radius 3 is 2.43 bits per heavy atom. The first-order valence-corrected chi connectivity index (χ1v) is 12.3. The summed E-state index contributed by atoms with van der Waals surface area (Å²) in [6.45, 7) is 0.230. The molecule has 4 rings (SSSR count). The molecule has 3 aromatic rings. The molecule has 190 valence electrons. The molecule has 0 radical (unpaired) electrons. The molecule has 0 unspecified atom stereocenters. The van der Waals surface area contributed by atoms with Crippen LogP contribution in [0.25, 0.3) is 0 Å². The van der Waals surface area contributed by atoms with Crippen molar-refractivity contribution in [1.82, 2.24) is 4.90 Å². The van der Waals surface area contributed by atoms with Crippen molar-refractivity contribution < 1.29 is 27.9 Å². The number of esters is 1. The van der Waals surface area contributed by atoms with Gasteiger partial charge in [0.1, 0.15) is 22.6 Å². The Bertz CT molecular complexity index is 1330. The fourth-order valence-corrected chi connectivity index (χ4v) is 4.75. The highest BCUT2D eigenvalue weighted by Gasteiger charge is 2.36. The highest BCUT2D eigenvalue weighted by molar-refractivity contribution is 8.15. The fraction of sp³-hybridized carbons (Fsp3) is 0.185. The number of anilines is 1. The van der Waals surface area contributed by atoms with Gasteiger partial charge in [-0.15, -0.1) is 0 Å². The maximum Gasteiger partial charge on any atom is 0.337 e. The molecule has 1 heterocycles. The molecular weight excluding hydrogens is 500 g/mol. The third-order valence-corrected chi connectivity index (χ3v) is 6.80. The smallest absolute Gasteiger partial charge is 0.337 e. The van der Waals surface area contributed by atoms with Crippen LogP contribution < -0.4 is 5.32 Å². The van der Waals surface area contributed by atoms with E-state index in [1.165, 1.54) is 54.5 Å². The van der Waals surface area contributed by atoms with Gasteiger partial charge in [-0.05, 0) is 60.5 Å². The first-order valence-electron chi connectivity index (χ1n) is 11.4. The number of thioether (sulfide) groups is 1. The summed E-state index contributed by atoms with van der Waals surface area (Å²) in [5, 5.41) is 2.14. The molecule has 2 amide bonds. The van der Waals surface area contributed by atoms with Crippen LogP contribution in [0.1, 0.15) is 22.3 Å². The number of ether oxygens (including phenoxy) is 1. The molecule has 1 N–H and O–H groups in total. The number of hydrogen-bond donors (Lipinski definition) is 1. The Morgan fingerprint density at radius 1 is 1.05 bits per heavy atom. The number of benzene rings is 3. The van der Waals surface area contributed by atoms with Crippen molar-refractivity contribution in [3.05, 3.63) is 95.6 Å². The van der Waals surface area contributed by atoms with E-state index >= 15 is 0 Å². The quantitative estimate of drug-likeness (QED) is 0.443. The van der Waals surface area contributed by atoms with Crippen molar-refractivity contribution in [2.45, 2.75) is 18.1 Å². The summed E-state index contributed by atoms with van der Waals surface area (Å²) in [6, 6.07) is 18.0. The zero-order valence-corrected chi connectivity index (χ0v) is 20.6. The largest absolute Gasteiger partial charge is 0.465 e. The first-order chi connectivity index (χ1) is 17.8. The fourth-order valence-electron chi connectivity index (χ4n) is 3.63. The summed E-state index contributed by atoms with van der Waals surface area (Å²) in [4.78, 5) is 43.6. The Kier molecular flexibility index (Phi) is 8.29. The van der Waals surface area contributed by atoms with E-state index in [0.29, 0.717) is 17.7 Å². The molecule has 0 spiro atoms. The summed E-state index contributed by atoms with van der Waals surface area (Å²) in [5.41, 5.74) is 1.64. The van der Waals surface area contributed by atoms with Crippen molar-refractivity contribution in [2.75, 3.05) is 19.0 Å². The van der Waals surface area contributed by atoms with Crippen LogP contribution in [0, 0.1) is 11.6 Å². The number of rotatable bonds is 7. The minimum atomic E-state index is -0.805. The molecule has 3 aromatic carbocycles. The average Bonchev–Trinajstić information content (AvgIpc) is 2.90. The van der Waals surface area contributed by atoms with E-state index in [9.17, 15) is 23.2 Å². The van der Waals surface area contributed by atoms with Gasteiger partial charge in [0.15, 0.2) is 5.17 Å². The Hall–Kier alpha value is -4.05. The highest BCUT2D eigenvalue weighted by Crippen LogP contribution is 2.31. The Balaban J connectivity index is 1.53. The van der Waals surface area contributed by atoms with E-state index in [1.807, 2.05) is 0 Å². The molecule has 1 saturated heterocycles. The number of para-hydroxylation sites is 1. The van der Waals surface area contributed by atoms with E-state index in [4.69, 9.17) is 0 Å². The number of hydrogen-bond acceptors (Lipinski definition) is 6. The Labute approximate surface area is 216 Å². The molecule has 1 aliphatic heterocycles. The van der Waals surface area contributed by atoms with Crippen LogP contribution in [0.5, 0.6) is 0 Å². The zero-order chi connectivity index (χ0) is 26.4. The van der Waals surface area contributed by atoms with Gasteiger partial charge in [0.05, 0.1) is 12.7 Å². The van der Waals surface area contributed by atoms with Crippen LogP contribution in [0.3, 0.4) is 0 Å². The van der Waals surface area contributed by atoms with Gasteiger partial charge in [0.25, 0.3) is 0 Å². The van der Waals surface area contributed by atoms with Crippen LogP contribution in [0.4, 0.5) is 20.2 Å². The highest BCUT2D eigenvalue weighted by atomic mass is 32.2. The third-order valence-electron chi connectivity index (χ3n) is 5.61. The second-order valence-electron chi connectivity index (χ2n) is 8.14. The predicted octanol–water partition coefficient (Wildman–Crippen LogP) is 4.95. The molecular formula is C27H23F2N3O4S. The topological polar surface area (TPSA) is 88.1 Å². The van der Waals surface area contributed by atoms with E-state index in [-0.39, 0.29) is 35.5 Å². The van der Waals surface area contributed by atoms with Crippen LogP contribution in [0.15, 0.2) is 77.8 Å². The molecule has 37 heavy (non-hydrogen) atoms. The lowest BCUT2D eigenvalue weighted by atomic mass is 10.1. The van der Waals surface area contributed by atoms with Crippen molar-refractivity contribution in [3.63, 3.8) is 0 Å². The van der Waals surface area contributed by atoms with Crippen molar-refractivity contribution in [1.29, 1.82) is 0 Å². The first kappa shape index (κ1) is 26.0. The van der Waals surface area contributed by atoms with Gasteiger partial charge < -0.3 is 10.1 Å². The normalized spacial score (nSPS) is 16.5. The van der Waals surface area contributed by atoms with Crippen LogP contribution in [0.2, 0.25) is 0 Å². The maximum absolute atomic E-state index is 14.3. The summed E-state index contributed by atoms with van der Waals surface area (Å²) >= 11 is 1.07. The van der Waals surface area contributed by atoms with E-state index in [2.05, 4.69) is 15.0 Å². The van der Waals surface area contributed by atoms with E-state index in [1.54, 1.807) is 30.3 Å². The van der Waals surface area contributed by atoms with Gasteiger partial charge in [-0.25, -0.2) is 18.6 Å². The molecule has 1 fully saturated rings. The average molecular weight is 524 g/mol. The molecule has 1 aliphatic rings. The van der Waals surface area contributed by atoms with Gasteiger partial charge in [-0.2, -0.15) is 0 Å². The number of carbonyl (C=O) groups is 3. The van der Waals surface area contributed by atoms with Gasteiger partial charge in [0.2, 0.25) is 11.8 Å². The van der Waals surface area contributed by atoms with Crippen LogP contribution in [-0.2, 0) is 20.7 Å². The lowest BCUT2D eigenvalue weighted by molar-refractivity contribution is -0.129. The van der Waals surface area contributed by atoms with Crippen LogP contribution in [-0.4, -0.2) is 46.8 Å². The summed E-state index contributed by atoms with van der Waals surface area (Å²) in [7, 11) is 1.28. The number of methoxy groups -OCH3 is 1. The van der Waals surface area contributed by atoms with Gasteiger partial charge in [-0.3, -0.25) is 14.5 Å². The minimum absolute atomic E-state index is 0.0454. The maximum atomic E-state index is 14.3. The van der Waals surface area contributed by atoms with Crippen molar-refractivity contribution in [3.8, 4) is 0 Å². The summed E-state index contributed by atoms with van der Waals surface area (Å²) in [5.74, 6) is -2.18. The number of halogens is 2. The lowest BCUT2D eigenvalue weighted by Gasteiger charge is -2.32. The number of amides is 2. The minimum Gasteiger partial charge on any atom is -0.465 e. The number of nitrogens with zero attached hydrogens (tertiary/aromatic N) is 2. The molecule has 0 bridgehead atoms. The van der Waals surface area contributed by atoms with E-state index in [0.717, 1.165) is 17.3 Å². The number of nitrogens with one attached hydrogen (secondary N) is 1. The second kappa shape index (κ2) is 11.8. The van der Waals surface area contributed by atoms with Crippen molar-refractivity contribution in [2.24, 2.45) is 4.99 Å².